The van der Waals surface area contributed by atoms with E-state index >= 15 is 0 Å². The van der Waals surface area contributed by atoms with Gasteiger partial charge in [-0.1, -0.05) is 101 Å². The molecule has 2 amide bonds. The number of aliphatic hydroxyl groups is 1. The molecule has 7 aromatic rings. The molecule has 0 radical (unpaired) electrons. The lowest BCUT2D eigenvalue weighted by Crippen LogP contribution is -2.55. The monoisotopic (exact) mass is 1390 g/mol. The zero-order valence-corrected chi connectivity index (χ0v) is 61.6. The number of fused-ring (bicyclic) bond motifs is 5. The molecule has 3 N–H and O–H groups in total. The summed E-state index contributed by atoms with van der Waals surface area (Å²) < 4.78 is 33.6. The molecule has 103 heavy (non-hydrogen) atoms. The van der Waals surface area contributed by atoms with Crippen LogP contribution in [0.5, 0.6) is 0 Å². The Labute approximate surface area is 609 Å². The number of Topliss-reactive ketones (excluding diaryl/α,β-unsaturated/α-hetero) is 1. The zero-order valence-electron chi connectivity index (χ0n) is 61.6. The third kappa shape index (κ3) is 13.0. The van der Waals surface area contributed by atoms with Crippen molar-refractivity contribution in [3.63, 3.8) is 0 Å². The van der Waals surface area contributed by atoms with Crippen LogP contribution >= 0.6 is 0 Å². The maximum absolute atomic E-state index is 13.9. The Morgan fingerprint density at radius 3 is 1.57 bits per heavy atom. The van der Waals surface area contributed by atoms with Gasteiger partial charge >= 0.3 is 0 Å². The highest BCUT2D eigenvalue weighted by Gasteiger charge is 2.60. The van der Waals surface area contributed by atoms with E-state index in [1.54, 1.807) is 24.3 Å². The predicted molar refractivity (Wildman–Crippen MR) is 399 cm³/mol. The summed E-state index contributed by atoms with van der Waals surface area (Å²) in [4.78, 5) is 41.4. The molecular weight excluding hydrogens is 1280 g/mol. The fourth-order valence-electron chi connectivity index (χ4n) is 25.1. The van der Waals surface area contributed by atoms with Gasteiger partial charge in [-0.25, -0.2) is 18.1 Å². The summed E-state index contributed by atoms with van der Waals surface area (Å²) in [6, 6.07) is 34.8. The molecule has 11 fully saturated rings. The standard InChI is InChI=1S/C32H35FN2O.C30H34FN3O.C27H41N3O2/c33-25-9-11-26(12-10-25)35-31-27(24-5-2-1-3-6-24)7-4-8-28(31)30(34-35)29(36)13-14-32-18-21-15-22(19-32)17-23(16-21)20-32;1-29(2)20-16-17-30(3,18-20)28(29)32-27(35)25-24-11-7-10-23(19-8-5-4-6-9-19)26(24)34(33-25)22-14-12-21(31)13-15-22;1-17(27-13-19-9-20(14-27)11-21(10-19)15-27)28-26(32)25-23-12-18(16-31)7-8-24(23)30(29-25)22-5-3-2-4-6-22/h1-3,5-6,9-12,21-23,27H,4,7-8,13-20H2;4-6,8-9,12-15,20,23,28H,7,10-11,16-18H2,1-3H3,(H,32,35);17-22,31H,2-16H2,1H3,(H,28,32). The van der Waals surface area contributed by atoms with Gasteiger partial charge in [0.05, 0.1) is 28.8 Å². The maximum atomic E-state index is 13.9. The lowest BCUT2D eigenvalue weighted by Gasteiger charge is -2.59. The van der Waals surface area contributed by atoms with Crippen molar-refractivity contribution >= 4 is 17.6 Å². The number of amides is 2. The van der Waals surface area contributed by atoms with Crippen molar-refractivity contribution in [2.75, 3.05) is 6.61 Å². The Balaban J connectivity index is 0.000000115. The Hall–Kier alpha value is -7.06. The number of hydrogen-bond donors (Lipinski definition) is 3. The molecule has 11 saturated carbocycles. The van der Waals surface area contributed by atoms with Crippen LogP contribution in [0.3, 0.4) is 0 Å². The van der Waals surface area contributed by atoms with Gasteiger partial charge in [0.15, 0.2) is 17.2 Å². The van der Waals surface area contributed by atoms with Crippen LogP contribution in [0.15, 0.2) is 109 Å². The lowest BCUT2D eigenvalue weighted by atomic mass is 9.48. The van der Waals surface area contributed by atoms with Gasteiger partial charge < -0.3 is 15.7 Å². The summed E-state index contributed by atoms with van der Waals surface area (Å²) in [6.45, 7) is 9.44. The third-order valence-electron chi connectivity index (χ3n) is 29.3. The summed E-state index contributed by atoms with van der Waals surface area (Å²) >= 11 is 0. The maximum Gasteiger partial charge on any atom is 0.272 e. The van der Waals surface area contributed by atoms with E-state index in [-0.39, 0.29) is 76.5 Å². The minimum atomic E-state index is -0.279. The SMILES string of the molecule is CC(NC(=O)c1nn(C2CCCCC2)c2c1CC(CO)CC2)C12CC3CC(CC(C3)C1)C2.CC12CCC(C1)C(C)(C)C2NC(=O)c1nn(-c2ccc(F)cc2)c2c1CCCC2c1ccccc1.O=C(CCC12CC3CC(CC(C3)C1)C2)c1nn(-c2ccc(F)cc2)c2c1CCCC2c1ccccc1. The van der Waals surface area contributed by atoms with E-state index in [1.807, 2.05) is 21.5 Å². The van der Waals surface area contributed by atoms with E-state index < -0.39 is 0 Å². The number of carbonyl (C=O) groups is 3. The highest BCUT2D eigenvalue weighted by atomic mass is 19.1. The normalized spacial score (nSPS) is 31.9. The second-order valence-electron chi connectivity index (χ2n) is 36.4. The van der Waals surface area contributed by atoms with Crippen molar-refractivity contribution in [3.8, 4) is 11.4 Å². The van der Waals surface area contributed by atoms with Crippen molar-refractivity contribution in [1.29, 1.82) is 0 Å². The molecule has 0 spiro atoms. The number of rotatable bonds is 15. The topological polar surface area (TPSA) is 149 Å². The Kier molecular flexibility index (Phi) is 18.6. The van der Waals surface area contributed by atoms with Gasteiger partial charge in [-0.2, -0.15) is 15.3 Å². The first-order valence-corrected chi connectivity index (χ1v) is 40.6. The van der Waals surface area contributed by atoms with Gasteiger partial charge in [0, 0.05) is 59.3 Å². The fourth-order valence-corrected chi connectivity index (χ4v) is 25.1. The molecule has 10 bridgehead atoms. The van der Waals surface area contributed by atoms with Crippen molar-refractivity contribution in [2.24, 2.45) is 69.0 Å². The number of nitrogens with one attached hydrogen (secondary N) is 2. The third-order valence-corrected chi connectivity index (χ3v) is 29.3. The summed E-state index contributed by atoms with van der Waals surface area (Å²) in [5, 5.41) is 31.7. The molecule has 3 heterocycles. The molecule has 14 aliphatic rings. The lowest BCUT2D eigenvalue weighted by molar-refractivity contribution is -0.0688. The Bertz CT molecular complexity index is 4180. The number of benzene rings is 4. The Morgan fingerprint density at radius 1 is 0.553 bits per heavy atom. The first-order valence-electron chi connectivity index (χ1n) is 40.6. The van der Waals surface area contributed by atoms with Crippen LogP contribution in [0.4, 0.5) is 8.78 Å². The van der Waals surface area contributed by atoms with E-state index in [2.05, 4.69) is 91.5 Å². The molecule has 21 rings (SSSR count). The first kappa shape index (κ1) is 69.0. The van der Waals surface area contributed by atoms with Crippen molar-refractivity contribution in [2.45, 2.75) is 257 Å². The van der Waals surface area contributed by atoms with Gasteiger partial charge in [0.25, 0.3) is 11.8 Å². The average Bonchev–Trinajstić information content (AvgIpc) is 1.60. The molecule has 0 saturated heterocycles. The van der Waals surface area contributed by atoms with Crippen LogP contribution < -0.4 is 10.6 Å². The number of aromatic nitrogens is 6. The van der Waals surface area contributed by atoms with Crippen LogP contribution in [-0.2, 0) is 25.7 Å². The molecule has 14 heteroatoms. The second-order valence-corrected chi connectivity index (χ2v) is 36.4. The number of halogens is 2. The number of ketones is 1. The minimum Gasteiger partial charge on any atom is -0.396 e. The summed E-state index contributed by atoms with van der Waals surface area (Å²) in [5.41, 5.74) is 13.7. The van der Waals surface area contributed by atoms with Crippen molar-refractivity contribution < 1.29 is 28.3 Å². The molecule has 12 nitrogen and oxygen atoms in total. The van der Waals surface area contributed by atoms with E-state index in [0.717, 1.165) is 139 Å². The van der Waals surface area contributed by atoms with E-state index in [1.165, 1.54) is 170 Å². The molecule has 7 atom stereocenters. The van der Waals surface area contributed by atoms with Gasteiger partial charge in [-0.15, -0.1) is 0 Å². The highest BCUT2D eigenvalue weighted by molar-refractivity contribution is 5.97. The highest BCUT2D eigenvalue weighted by Crippen LogP contribution is 2.65. The largest absolute Gasteiger partial charge is 0.396 e. The second kappa shape index (κ2) is 27.7. The predicted octanol–water partition coefficient (Wildman–Crippen LogP) is 18.9. The molecule has 544 valence electrons. The summed E-state index contributed by atoms with van der Waals surface area (Å²) in [6.07, 6.45) is 36.6. The van der Waals surface area contributed by atoms with Gasteiger partial charge in [-0.05, 0) is 309 Å². The Morgan fingerprint density at radius 2 is 1.06 bits per heavy atom. The van der Waals surface area contributed by atoms with E-state index in [0.29, 0.717) is 46.3 Å². The van der Waals surface area contributed by atoms with Crippen LogP contribution in [0, 0.1) is 80.6 Å². The van der Waals surface area contributed by atoms with Crippen molar-refractivity contribution in [1.82, 2.24) is 40.0 Å². The van der Waals surface area contributed by atoms with Crippen LogP contribution in [0.1, 0.15) is 295 Å². The number of hydrogen-bond acceptors (Lipinski definition) is 7. The zero-order chi connectivity index (χ0) is 70.5. The van der Waals surface area contributed by atoms with Gasteiger partial charge in [0.2, 0.25) is 0 Å². The summed E-state index contributed by atoms with van der Waals surface area (Å²) in [5.74, 6) is 6.30. The quantitative estimate of drug-likeness (QED) is 0.0866. The van der Waals surface area contributed by atoms with Crippen LogP contribution in [-0.4, -0.2) is 70.7 Å². The molecule has 0 aliphatic heterocycles. The van der Waals surface area contributed by atoms with E-state index in [4.69, 9.17) is 15.3 Å². The van der Waals surface area contributed by atoms with Gasteiger partial charge in [-0.3, -0.25) is 19.1 Å². The molecule has 14 aliphatic carbocycles. The molecule has 4 aromatic carbocycles. The average molecular weight is 1390 g/mol. The van der Waals surface area contributed by atoms with Crippen LogP contribution in [0.2, 0.25) is 0 Å². The van der Waals surface area contributed by atoms with E-state index in [9.17, 15) is 28.3 Å². The molecule has 7 unspecified atom stereocenters. The van der Waals surface area contributed by atoms with Crippen LogP contribution in [0.25, 0.3) is 11.4 Å². The summed E-state index contributed by atoms with van der Waals surface area (Å²) in [7, 11) is 0. The smallest absolute Gasteiger partial charge is 0.272 e. The van der Waals surface area contributed by atoms with Gasteiger partial charge in [0.1, 0.15) is 17.3 Å². The first-order chi connectivity index (χ1) is 49.9. The number of carbonyl (C=O) groups excluding carboxylic acids is 3. The minimum absolute atomic E-state index is 0.0395. The number of aliphatic hydroxyl groups excluding tert-OH is 1. The van der Waals surface area contributed by atoms with Crippen molar-refractivity contribution in [3.05, 3.63) is 183 Å². The molecular formula is C89H110F2N8O4. The molecule has 3 aromatic heterocycles. The fraction of sp³-hybridized carbons (Fsp3) is 0.596. The number of nitrogens with zero attached hydrogens (tertiary/aromatic N) is 6.